The predicted octanol–water partition coefficient (Wildman–Crippen LogP) is 3.38. The number of halogens is 2. The second-order valence-electron chi connectivity index (χ2n) is 5.25. The second kappa shape index (κ2) is 8.70. The lowest BCUT2D eigenvalue weighted by atomic mass is 10.2. The van der Waals surface area contributed by atoms with E-state index in [0.717, 1.165) is 18.2 Å². The summed E-state index contributed by atoms with van der Waals surface area (Å²) < 4.78 is 33.3. The van der Waals surface area contributed by atoms with Crippen molar-refractivity contribution in [3.05, 3.63) is 64.2 Å². The Kier molecular flexibility index (Phi) is 6.36. The molecule has 0 radical (unpaired) electrons. The highest BCUT2D eigenvalue weighted by Gasteiger charge is 2.20. The minimum absolute atomic E-state index is 0.0339. The average Bonchev–Trinajstić information content (AvgIpc) is 2.61. The summed E-state index contributed by atoms with van der Waals surface area (Å²) >= 11 is 0. The molecule has 0 saturated carbocycles. The van der Waals surface area contributed by atoms with Crippen LogP contribution in [0, 0.1) is 10.1 Å². The molecule has 2 aromatic rings. The molecule has 2 rings (SSSR count). The summed E-state index contributed by atoms with van der Waals surface area (Å²) in [5, 5.41) is 13.1. The molecule has 27 heavy (non-hydrogen) atoms. The molecule has 0 aliphatic rings. The first-order valence-electron chi connectivity index (χ1n) is 7.57. The summed E-state index contributed by atoms with van der Waals surface area (Å²) in [4.78, 5) is 34.2. The van der Waals surface area contributed by atoms with Crippen molar-refractivity contribution in [1.29, 1.82) is 0 Å². The van der Waals surface area contributed by atoms with Gasteiger partial charge in [0.15, 0.2) is 6.10 Å². The molecule has 10 heteroatoms. The zero-order chi connectivity index (χ0) is 20.0. The molecule has 0 bridgehead atoms. The van der Waals surface area contributed by atoms with Crippen LogP contribution in [0.3, 0.4) is 0 Å². The highest BCUT2D eigenvalue weighted by atomic mass is 19.3. The first-order valence-corrected chi connectivity index (χ1v) is 7.57. The van der Waals surface area contributed by atoms with E-state index in [4.69, 9.17) is 4.74 Å². The third-order valence-electron chi connectivity index (χ3n) is 3.29. The number of nitrogens with one attached hydrogen (secondary N) is 1. The molecule has 0 fully saturated rings. The summed E-state index contributed by atoms with van der Waals surface area (Å²) in [5.41, 5.74) is 0.000712. The quantitative estimate of drug-likeness (QED) is 0.448. The van der Waals surface area contributed by atoms with Crippen molar-refractivity contribution in [2.45, 2.75) is 19.6 Å². The van der Waals surface area contributed by atoms with Crippen molar-refractivity contribution in [2.24, 2.45) is 0 Å². The standard InChI is InChI=1S/C17H14F2N2O6/c1-10(15(22)20-12-3-2-4-13(9-12)21(24)25)26-16(23)11-5-7-14(8-6-11)27-17(18)19/h2-10,17H,1H3,(H,20,22)/t10-/m1/s1. The van der Waals surface area contributed by atoms with Crippen LogP contribution in [0.2, 0.25) is 0 Å². The number of hydrogen-bond acceptors (Lipinski definition) is 6. The van der Waals surface area contributed by atoms with Crippen molar-refractivity contribution < 1.29 is 32.8 Å². The fourth-order valence-electron chi connectivity index (χ4n) is 2.00. The van der Waals surface area contributed by atoms with Crippen molar-refractivity contribution >= 4 is 23.3 Å². The van der Waals surface area contributed by atoms with E-state index in [2.05, 4.69) is 10.1 Å². The van der Waals surface area contributed by atoms with Crippen molar-refractivity contribution in [2.75, 3.05) is 5.32 Å². The van der Waals surface area contributed by atoms with Crippen LogP contribution >= 0.6 is 0 Å². The lowest BCUT2D eigenvalue weighted by molar-refractivity contribution is -0.384. The summed E-state index contributed by atoms with van der Waals surface area (Å²) in [6, 6.07) is 10.0. The molecule has 0 aliphatic heterocycles. The number of ether oxygens (including phenoxy) is 2. The molecule has 142 valence electrons. The highest BCUT2D eigenvalue weighted by molar-refractivity contribution is 5.97. The Morgan fingerprint density at radius 1 is 1.15 bits per heavy atom. The monoisotopic (exact) mass is 380 g/mol. The molecule has 0 heterocycles. The van der Waals surface area contributed by atoms with Crippen LogP contribution in [0.1, 0.15) is 17.3 Å². The molecule has 1 N–H and O–H groups in total. The number of carbonyl (C=O) groups excluding carboxylic acids is 2. The lowest BCUT2D eigenvalue weighted by Gasteiger charge is -2.13. The van der Waals surface area contributed by atoms with Crippen LogP contribution in [-0.4, -0.2) is 29.5 Å². The Labute approximate surface area is 151 Å². The zero-order valence-electron chi connectivity index (χ0n) is 13.9. The molecule has 0 saturated heterocycles. The number of nitrogens with zero attached hydrogens (tertiary/aromatic N) is 1. The number of non-ortho nitro benzene ring substituents is 1. The van der Waals surface area contributed by atoms with Gasteiger partial charge in [-0.15, -0.1) is 0 Å². The maximum atomic E-state index is 12.1. The van der Waals surface area contributed by atoms with Crippen LogP contribution in [0.25, 0.3) is 0 Å². The van der Waals surface area contributed by atoms with Gasteiger partial charge in [-0.2, -0.15) is 8.78 Å². The molecule has 0 aromatic heterocycles. The Bertz CT molecular complexity index is 842. The minimum atomic E-state index is -2.99. The Balaban J connectivity index is 1.96. The predicted molar refractivity (Wildman–Crippen MR) is 89.7 cm³/mol. The molecule has 1 atom stereocenters. The van der Waals surface area contributed by atoms with Crippen LogP contribution in [0.15, 0.2) is 48.5 Å². The SMILES string of the molecule is C[C@@H](OC(=O)c1ccc(OC(F)F)cc1)C(=O)Nc1cccc([N+](=O)[O-])c1. The van der Waals surface area contributed by atoms with E-state index in [0.29, 0.717) is 0 Å². The van der Waals surface area contributed by atoms with E-state index >= 15 is 0 Å². The van der Waals surface area contributed by atoms with Gasteiger partial charge in [-0.05, 0) is 37.3 Å². The van der Waals surface area contributed by atoms with E-state index in [1.807, 2.05) is 0 Å². The first kappa shape index (κ1) is 19.8. The summed E-state index contributed by atoms with van der Waals surface area (Å²) in [6.45, 7) is -1.67. The van der Waals surface area contributed by atoms with Crippen molar-refractivity contribution in [3.63, 3.8) is 0 Å². The highest BCUT2D eigenvalue weighted by Crippen LogP contribution is 2.18. The summed E-state index contributed by atoms with van der Waals surface area (Å²) in [6.07, 6.45) is -1.20. The van der Waals surface area contributed by atoms with Crippen LogP contribution in [-0.2, 0) is 9.53 Å². The van der Waals surface area contributed by atoms with Crippen LogP contribution in [0.4, 0.5) is 20.2 Å². The van der Waals surface area contributed by atoms with Crippen LogP contribution in [0.5, 0.6) is 5.75 Å². The zero-order valence-corrected chi connectivity index (χ0v) is 13.9. The van der Waals surface area contributed by atoms with Crippen LogP contribution < -0.4 is 10.1 Å². The van der Waals surface area contributed by atoms with Gasteiger partial charge in [-0.1, -0.05) is 6.07 Å². The molecule has 8 nitrogen and oxygen atoms in total. The van der Waals surface area contributed by atoms with Crippen molar-refractivity contribution in [1.82, 2.24) is 0 Å². The van der Waals surface area contributed by atoms with Gasteiger partial charge in [0, 0.05) is 17.8 Å². The lowest BCUT2D eigenvalue weighted by Crippen LogP contribution is -2.30. The number of nitro groups is 1. The normalized spacial score (nSPS) is 11.6. The van der Waals surface area contributed by atoms with E-state index in [1.54, 1.807) is 0 Å². The number of carbonyl (C=O) groups is 2. The molecular formula is C17H14F2N2O6. The van der Waals surface area contributed by atoms with Gasteiger partial charge in [0.05, 0.1) is 10.5 Å². The summed E-state index contributed by atoms with van der Waals surface area (Å²) in [7, 11) is 0. The third-order valence-corrected chi connectivity index (χ3v) is 3.29. The molecular weight excluding hydrogens is 366 g/mol. The largest absolute Gasteiger partial charge is 0.449 e. The number of rotatable bonds is 7. The fraction of sp³-hybridized carbons (Fsp3) is 0.176. The maximum absolute atomic E-state index is 12.1. The molecule has 2 aromatic carbocycles. The first-order chi connectivity index (χ1) is 12.8. The number of benzene rings is 2. The number of alkyl halides is 2. The Morgan fingerprint density at radius 3 is 2.41 bits per heavy atom. The number of amides is 1. The molecule has 0 aliphatic carbocycles. The average molecular weight is 380 g/mol. The number of hydrogen-bond donors (Lipinski definition) is 1. The van der Waals surface area contributed by atoms with E-state index in [9.17, 15) is 28.5 Å². The topological polar surface area (TPSA) is 108 Å². The number of anilines is 1. The van der Waals surface area contributed by atoms with Gasteiger partial charge in [-0.25, -0.2) is 4.79 Å². The van der Waals surface area contributed by atoms with Gasteiger partial charge >= 0.3 is 12.6 Å². The molecule has 0 spiro atoms. The van der Waals surface area contributed by atoms with Crippen molar-refractivity contribution in [3.8, 4) is 5.75 Å². The molecule has 1 amide bonds. The van der Waals surface area contributed by atoms with E-state index in [-0.39, 0.29) is 22.7 Å². The number of nitro benzene ring substituents is 1. The Hall–Kier alpha value is -3.56. The van der Waals surface area contributed by atoms with E-state index in [1.165, 1.54) is 37.3 Å². The van der Waals surface area contributed by atoms with Gasteiger partial charge in [0.25, 0.3) is 11.6 Å². The van der Waals surface area contributed by atoms with E-state index < -0.39 is 29.5 Å². The fourth-order valence-corrected chi connectivity index (χ4v) is 2.00. The number of esters is 1. The minimum Gasteiger partial charge on any atom is -0.449 e. The van der Waals surface area contributed by atoms with Gasteiger partial charge in [0.1, 0.15) is 5.75 Å². The van der Waals surface area contributed by atoms with Gasteiger partial charge < -0.3 is 14.8 Å². The Morgan fingerprint density at radius 2 is 1.81 bits per heavy atom. The summed E-state index contributed by atoms with van der Waals surface area (Å²) in [5.74, 6) is -1.67. The maximum Gasteiger partial charge on any atom is 0.387 e. The smallest absolute Gasteiger partial charge is 0.387 e. The third kappa shape index (κ3) is 5.73. The molecule has 0 unspecified atom stereocenters. The second-order valence-corrected chi connectivity index (χ2v) is 5.25. The van der Waals surface area contributed by atoms with Gasteiger partial charge in [-0.3, -0.25) is 14.9 Å². The van der Waals surface area contributed by atoms with Gasteiger partial charge in [0.2, 0.25) is 0 Å².